The van der Waals surface area contributed by atoms with Crippen molar-refractivity contribution in [1.29, 1.82) is 0 Å². The highest BCUT2D eigenvalue weighted by Gasteiger charge is 2.44. The molecule has 1 saturated carbocycles. The topological polar surface area (TPSA) is 70.4 Å². The number of halogens is 1. The van der Waals surface area contributed by atoms with Crippen LogP contribution in [0.1, 0.15) is 72.7 Å². The van der Waals surface area contributed by atoms with Crippen molar-refractivity contribution in [3.63, 3.8) is 0 Å². The van der Waals surface area contributed by atoms with Crippen molar-refractivity contribution in [2.45, 2.75) is 56.8 Å². The number of thioether (sulfide) groups is 1. The molecule has 0 amide bonds. The van der Waals surface area contributed by atoms with E-state index in [1.807, 2.05) is 49.9 Å². The van der Waals surface area contributed by atoms with E-state index in [9.17, 15) is 15.0 Å². The standard InChI is InChI=1S/C35H36INO3S/c1-34(2,40)30-9-4-3-7-25(30)13-17-32(41-23-35(18-19-35)22-33(38)39)27-8-5-6-24(20-27)10-15-29-16-12-26-11-14-28(36)21-31(26)37-29/h3-12,14-16,20-21,32,40H,13,17-19,22-23H2,1-2H3,(H,38,39)/b15-10+. The summed E-state index contributed by atoms with van der Waals surface area (Å²) in [6.07, 6.45) is 8.13. The van der Waals surface area contributed by atoms with E-state index in [1.54, 1.807) is 0 Å². The van der Waals surface area contributed by atoms with Gasteiger partial charge in [0.15, 0.2) is 0 Å². The van der Waals surface area contributed by atoms with Gasteiger partial charge in [-0.25, -0.2) is 4.98 Å². The number of carbonyl (C=O) groups is 1. The van der Waals surface area contributed by atoms with Crippen molar-refractivity contribution < 1.29 is 15.0 Å². The number of carboxylic acids is 1. The lowest BCUT2D eigenvalue weighted by molar-refractivity contribution is -0.138. The first-order valence-electron chi connectivity index (χ1n) is 14.1. The number of benzene rings is 3. The molecule has 1 atom stereocenters. The predicted molar refractivity (Wildman–Crippen MR) is 179 cm³/mol. The summed E-state index contributed by atoms with van der Waals surface area (Å²) in [5.74, 6) is 0.139. The van der Waals surface area contributed by atoms with Crippen molar-refractivity contribution in [1.82, 2.24) is 4.98 Å². The predicted octanol–water partition coefficient (Wildman–Crippen LogP) is 8.90. The van der Waals surface area contributed by atoms with Crippen LogP contribution in [-0.4, -0.2) is 26.9 Å². The van der Waals surface area contributed by atoms with Crippen LogP contribution in [0.5, 0.6) is 0 Å². The summed E-state index contributed by atoms with van der Waals surface area (Å²) < 4.78 is 1.17. The maximum atomic E-state index is 11.5. The Morgan fingerprint density at radius 1 is 1.05 bits per heavy atom. The van der Waals surface area contributed by atoms with Crippen molar-refractivity contribution in [3.8, 4) is 0 Å². The number of hydrogen-bond donors (Lipinski definition) is 2. The largest absolute Gasteiger partial charge is 0.481 e. The van der Waals surface area contributed by atoms with E-state index in [4.69, 9.17) is 4.98 Å². The second-order valence-electron chi connectivity index (χ2n) is 11.7. The second kappa shape index (κ2) is 12.7. The molecule has 1 aliphatic carbocycles. The summed E-state index contributed by atoms with van der Waals surface area (Å²) in [4.78, 5) is 16.3. The maximum absolute atomic E-state index is 11.5. The Morgan fingerprint density at radius 2 is 1.83 bits per heavy atom. The van der Waals surface area contributed by atoms with Gasteiger partial charge in [0, 0.05) is 20.0 Å². The normalized spacial score (nSPS) is 15.3. The number of aliphatic carboxylic acids is 1. The summed E-state index contributed by atoms with van der Waals surface area (Å²) in [6, 6.07) is 27.2. The van der Waals surface area contributed by atoms with Crippen molar-refractivity contribution in [2.75, 3.05) is 5.75 Å². The highest BCUT2D eigenvalue weighted by atomic mass is 127. The molecule has 2 N–H and O–H groups in total. The molecule has 0 aliphatic heterocycles. The van der Waals surface area contributed by atoms with Gasteiger partial charge in [0.2, 0.25) is 0 Å². The SMILES string of the molecule is CC(C)(O)c1ccccc1CCC(SCC1(CC(=O)O)CC1)c1cccc(/C=C/c2ccc3ccc(I)cc3n2)c1. The van der Waals surface area contributed by atoms with Crippen LogP contribution < -0.4 is 0 Å². The molecule has 1 unspecified atom stereocenters. The van der Waals surface area contributed by atoms with Crippen LogP contribution in [0.25, 0.3) is 23.1 Å². The highest BCUT2D eigenvalue weighted by Crippen LogP contribution is 2.53. The third-order valence-corrected chi connectivity index (χ3v) is 10.2. The van der Waals surface area contributed by atoms with Gasteiger partial charge in [-0.2, -0.15) is 11.8 Å². The monoisotopic (exact) mass is 677 g/mol. The van der Waals surface area contributed by atoms with Gasteiger partial charge < -0.3 is 10.2 Å². The first kappa shape index (κ1) is 29.8. The number of hydrogen-bond acceptors (Lipinski definition) is 4. The first-order valence-corrected chi connectivity index (χ1v) is 16.2. The molecule has 1 heterocycles. The van der Waals surface area contributed by atoms with E-state index < -0.39 is 11.6 Å². The molecule has 1 aromatic heterocycles. The number of aromatic nitrogens is 1. The van der Waals surface area contributed by atoms with E-state index in [1.165, 1.54) is 9.13 Å². The van der Waals surface area contributed by atoms with E-state index >= 15 is 0 Å². The molecule has 1 fully saturated rings. The molecule has 6 heteroatoms. The lowest BCUT2D eigenvalue weighted by Crippen LogP contribution is -2.18. The fourth-order valence-corrected chi connectivity index (χ4v) is 7.40. The number of aliphatic hydroxyl groups is 1. The number of carboxylic acid groups (broad SMARTS) is 1. The Labute approximate surface area is 260 Å². The Morgan fingerprint density at radius 3 is 2.59 bits per heavy atom. The van der Waals surface area contributed by atoms with E-state index in [-0.39, 0.29) is 17.1 Å². The van der Waals surface area contributed by atoms with Crippen molar-refractivity contribution in [3.05, 3.63) is 110 Å². The van der Waals surface area contributed by atoms with Crippen molar-refractivity contribution >= 4 is 63.4 Å². The van der Waals surface area contributed by atoms with Crippen LogP contribution in [0.2, 0.25) is 0 Å². The molecular formula is C35H36INO3S. The maximum Gasteiger partial charge on any atom is 0.303 e. The van der Waals surface area contributed by atoms with Crippen LogP contribution >= 0.6 is 34.4 Å². The minimum absolute atomic E-state index is 0.0726. The Bertz CT molecular complexity index is 1570. The molecule has 0 saturated heterocycles. The van der Waals surface area contributed by atoms with Gasteiger partial charge in [0.05, 0.1) is 23.2 Å². The van der Waals surface area contributed by atoms with Crippen LogP contribution in [-0.2, 0) is 16.8 Å². The Balaban J connectivity index is 1.37. The van der Waals surface area contributed by atoms with Gasteiger partial charge in [-0.1, -0.05) is 66.7 Å². The van der Waals surface area contributed by atoms with Gasteiger partial charge in [-0.15, -0.1) is 0 Å². The van der Waals surface area contributed by atoms with Crippen LogP contribution in [0.15, 0.2) is 78.9 Å². The number of aryl methyl sites for hydroxylation is 1. The van der Waals surface area contributed by atoms with Gasteiger partial charge in [0.25, 0.3) is 0 Å². The summed E-state index contributed by atoms with van der Waals surface area (Å²) in [7, 11) is 0. The Kier molecular flexibility index (Phi) is 9.21. The minimum atomic E-state index is -0.904. The third-order valence-electron chi connectivity index (χ3n) is 7.83. The van der Waals surface area contributed by atoms with E-state index in [0.717, 1.165) is 64.7 Å². The molecule has 1 aliphatic rings. The van der Waals surface area contributed by atoms with Crippen LogP contribution in [0.3, 0.4) is 0 Å². The molecule has 0 bridgehead atoms. The zero-order valence-electron chi connectivity index (χ0n) is 23.5. The van der Waals surface area contributed by atoms with Crippen molar-refractivity contribution in [2.24, 2.45) is 5.41 Å². The minimum Gasteiger partial charge on any atom is -0.481 e. The number of fused-ring (bicyclic) bond motifs is 1. The number of rotatable bonds is 12. The van der Waals surface area contributed by atoms with E-state index in [0.29, 0.717) is 0 Å². The van der Waals surface area contributed by atoms with Crippen LogP contribution in [0, 0.1) is 8.99 Å². The number of nitrogens with zero attached hydrogens (tertiary/aromatic N) is 1. The molecule has 3 aromatic carbocycles. The number of pyridine rings is 1. The third kappa shape index (κ3) is 7.99. The smallest absolute Gasteiger partial charge is 0.303 e. The average molecular weight is 678 g/mol. The molecule has 4 nitrogen and oxygen atoms in total. The molecule has 5 rings (SSSR count). The lowest BCUT2D eigenvalue weighted by atomic mass is 9.90. The zero-order chi connectivity index (χ0) is 29.0. The highest BCUT2D eigenvalue weighted by molar-refractivity contribution is 14.1. The molecule has 0 spiro atoms. The molecule has 41 heavy (non-hydrogen) atoms. The Hall–Kier alpha value is -2.68. The van der Waals surface area contributed by atoms with Gasteiger partial charge in [-0.3, -0.25) is 4.79 Å². The molecule has 212 valence electrons. The lowest BCUT2D eigenvalue weighted by Gasteiger charge is -2.24. The fourth-order valence-electron chi connectivity index (χ4n) is 5.36. The molecule has 0 radical (unpaired) electrons. The summed E-state index contributed by atoms with van der Waals surface area (Å²) in [5, 5.41) is 21.5. The summed E-state index contributed by atoms with van der Waals surface area (Å²) in [6.45, 7) is 3.67. The van der Waals surface area contributed by atoms with Gasteiger partial charge in [0.1, 0.15) is 0 Å². The zero-order valence-corrected chi connectivity index (χ0v) is 26.5. The fraction of sp³-hybridized carbons (Fsp3) is 0.314. The van der Waals surface area contributed by atoms with Gasteiger partial charge in [-0.05, 0) is 114 Å². The molecular weight excluding hydrogens is 641 g/mol. The summed E-state index contributed by atoms with van der Waals surface area (Å²) in [5.41, 5.74) is 5.41. The molecule has 4 aromatic rings. The van der Waals surface area contributed by atoms with Gasteiger partial charge >= 0.3 is 5.97 Å². The van der Waals surface area contributed by atoms with Crippen LogP contribution in [0.4, 0.5) is 0 Å². The van der Waals surface area contributed by atoms with E-state index in [2.05, 4.69) is 89.3 Å². The quantitative estimate of drug-likeness (QED) is 0.147. The first-order chi connectivity index (χ1) is 19.6. The average Bonchev–Trinajstić information content (AvgIpc) is 3.70. The summed E-state index contributed by atoms with van der Waals surface area (Å²) >= 11 is 4.20. The second-order valence-corrected chi connectivity index (χ2v) is 14.1.